The first kappa shape index (κ1) is 27.1. The summed E-state index contributed by atoms with van der Waals surface area (Å²) in [6.07, 6.45) is 2.64. The van der Waals surface area contributed by atoms with Crippen molar-refractivity contribution >= 4 is 57.6 Å². The zero-order valence-corrected chi connectivity index (χ0v) is 25.3. The van der Waals surface area contributed by atoms with Gasteiger partial charge >= 0.3 is 0 Å². The van der Waals surface area contributed by atoms with E-state index in [2.05, 4.69) is 22.6 Å². The lowest BCUT2D eigenvalue weighted by atomic mass is 9.51. The summed E-state index contributed by atoms with van der Waals surface area (Å²) in [6, 6.07) is 21.7. The second kappa shape index (κ2) is 9.62. The molecular weight excluding hydrogens is 643 g/mol. The van der Waals surface area contributed by atoms with Crippen molar-refractivity contribution in [2.24, 2.45) is 29.1 Å². The zero-order chi connectivity index (χ0) is 29.5. The van der Waals surface area contributed by atoms with Gasteiger partial charge < -0.3 is 5.11 Å². The van der Waals surface area contributed by atoms with E-state index < -0.39 is 35.0 Å². The molecule has 2 aliphatic heterocycles. The van der Waals surface area contributed by atoms with Crippen LogP contribution in [-0.4, -0.2) is 28.7 Å². The van der Waals surface area contributed by atoms with Crippen molar-refractivity contribution < 1.29 is 24.3 Å². The van der Waals surface area contributed by atoms with Gasteiger partial charge in [-0.05, 0) is 97.2 Å². The van der Waals surface area contributed by atoms with E-state index in [9.17, 15) is 24.3 Å². The maximum Gasteiger partial charge on any atom is 0.241 e. The van der Waals surface area contributed by atoms with Crippen LogP contribution in [0.3, 0.4) is 0 Å². The van der Waals surface area contributed by atoms with Crippen LogP contribution >= 0.6 is 22.6 Å². The lowest BCUT2D eigenvalue weighted by Crippen LogP contribution is -2.49. The summed E-state index contributed by atoms with van der Waals surface area (Å²) in [5, 5.41) is 11.3. The first-order valence-electron chi connectivity index (χ1n) is 14.2. The fraction of sp³-hybridized carbons (Fsp3) is 0.294. The molecule has 3 aromatic carbocycles. The molecule has 7 rings (SSSR count). The average molecular weight is 673 g/mol. The number of imide groups is 2. The minimum Gasteiger partial charge on any atom is -0.507 e. The average Bonchev–Trinajstić information content (AvgIpc) is 3.35. The Labute approximate surface area is 257 Å². The third kappa shape index (κ3) is 3.63. The number of fused-ring (bicyclic) bond motifs is 4. The van der Waals surface area contributed by atoms with E-state index in [-0.39, 0.29) is 35.8 Å². The maximum atomic E-state index is 14.4. The SMILES string of the molecule is Cc1cccc([C@H]2C3=CC[C@@H]4C(=O)N(c5ccc(I)cc5)C(=O)[C@@H]4[C@@H]3C[C@H]3C(=O)N(c4ccccc4)C(=O)[C@@]23C)c1O. The number of halogens is 1. The molecule has 3 fully saturated rings. The molecule has 1 N–H and O–H groups in total. The molecule has 4 amide bonds. The van der Waals surface area contributed by atoms with Gasteiger partial charge in [0.1, 0.15) is 5.75 Å². The van der Waals surface area contributed by atoms with Gasteiger partial charge in [0.05, 0.1) is 34.5 Å². The fourth-order valence-corrected chi connectivity index (χ4v) is 8.30. The lowest BCUT2D eigenvalue weighted by Gasteiger charge is -2.49. The van der Waals surface area contributed by atoms with Crippen LogP contribution in [0, 0.1) is 39.6 Å². The van der Waals surface area contributed by atoms with Gasteiger partial charge in [-0.25, -0.2) is 4.90 Å². The molecule has 2 aliphatic carbocycles. The number of allylic oxidation sites excluding steroid dienone is 2. The summed E-state index contributed by atoms with van der Waals surface area (Å²) in [4.78, 5) is 59.0. The summed E-state index contributed by atoms with van der Waals surface area (Å²) in [5.74, 6) is -4.02. The Bertz CT molecular complexity index is 1700. The molecule has 2 saturated heterocycles. The Morgan fingerprint density at radius 2 is 1.50 bits per heavy atom. The largest absolute Gasteiger partial charge is 0.507 e. The van der Waals surface area contributed by atoms with Crippen LogP contribution in [-0.2, 0) is 19.2 Å². The van der Waals surface area contributed by atoms with Crippen molar-refractivity contribution in [2.75, 3.05) is 9.80 Å². The number of hydrogen-bond acceptors (Lipinski definition) is 5. The molecule has 0 spiro atoms. The van der Waals surface area contributed by atoms with Crippen LogP contribution in [0.15, 0.2) is 84.4 Å². The second-order valence-electron chi connectivity index (χ2n) is 12.0. The molecule has 0 radical (unpaired) electrons. The quantitative estimate of drug-likeness (QED) is 0.218. The lowest BCUT2D eigenvalue weighted by molar-refractivity contribution is -0.131. The van der Waals surface area contributed by atoms with Crippen LogP contribution in [0.25, 0.3) is 0 Å². The molecule has 212 valence electrons. The van der Waals surface area contributed by atoms with Crippen molar-refractivity contribution in [1.29, 1.82) is 0 Å². The third-order valence-electron chi connectivity index (χ3n) is 9.95. The van der Waals surface area contributed by atoms with Crippen molar-refractivity contribution in [1.82, 2.24) is 0 Å². The molecule has 1 saturated carbocycles. The number of aromatic hydroxyl groups is 1. The van der Waals surface area contributed by atoms with Crippen molar-refractivity contribution in [3.8, 4) is 5.75 Å². The summed E-state index contributed by atoms with van der Waals surface area (Å²) < 4.78 is 0.997. The zero-order valence-electron chi connectivity index (χ0n) is 23.2. The minimum absolute atomic E-state index is 0.0823. The van der Waals surface area contributed by atoms with Crippen LogP contribution < -0.4 is 9.80 Å². The molecule has 0 unspecified atom stereocenters. The number of amides is 4. The number of benzene rings is 3. The van der Waals surface area contributed by atoms with Gasteiger partial charge in [-0.2, -0.15) is 0 Å². The maximum absolute atomic E-state index is 14.4. The molecule has 42 heavy (non-hydrogen) atoms. The Balaban J connectivity index is 1.38. The number of carbonyl (C=O) groups is 4. The highest BCUT2D eigenvalue weighted by molar-refractivity contribution is 14.1. The van der Waals surface area contributed by atoms with Crippen LogP contribution in [0.2, 0.25) is 0 Å². The van der Waals surface area contributed by atoms with Gasteiger partial charge in [0.2, 0.25) is 23.6 Å². The molecule has 3 aromatic rings. The predicted octanol–water partition coefficient (Wildman–Crippen LogP) is 5.74. The molecule has 6 atom stereocenters. The Kier molecular flexibility index (Phi) is 6.20. The predicted molar refractivity (Wildman–Crippen MR) is 166 cm³/mol. The van der Waals surface area contributed by atoms with Gasteiger partial charge in [-0.1, -0.05) is 48.0 Å². The number of rotatable bonds is 3. The Hall–Kier alpha value is -3.79. The highest BCUT2D eigenvalue weighted by Crippen LogP contribution is 2.64. The minimum atomic E-state index is -1.19. The van der Waals surface area contributed by atoms with E-state index in [1.54, 1.807) is 49.4 Å². The first-order valence-corrected chi connectivity index (χ1v) is 15.3. The van der Waals surface area contributed by atoms with Gasteiger partial charge in [-0.15, -0.1) is 0 Å². The van der Waals surface area contributed by atoms with E-state index in [1.807, 2.05) is 43.3 Å². The van der Waals surface area contributed by atoms with E-state index in [1.165, 1.54) is 9.80 Å². The van der Waals surface area contributed by atoms with Gasteiger partial charge in [0.25, 0.3) is 0 Å². The van der Waals surface area contributed by atoms with E-state index in [0.29, 0.717) is 28.9 Å². The molecule has 8 heteroatoms. The highest BCUT2D eigenvalue weighted by Gasteiger charge is 2.68. The second-order valence-corrected chi connectivity index (χ2v) is 13.2. The standard InChI is InChI=1S/C34H29IN2O5/c1-18-7-6-10-24(29(18)38)28-22-15-16-23-27(32(41)36(30(23)39)21-13-11-19(35)12-14-21)25(22)17-26-31(40)37(33(42)34(26,28)2)20-8-4-3-5-9-20/h3-15,23,25-28,38H,16-17H2,1-2H3/t23-,25+,26-,27-,28+,34+/m0/s1. The number of carbonyl (C=O) groups excluding carboxylic acids is 4. The monoisotopic (exact) mass is 672 g/mol. The number of anilines is 2. The first-order chi connectivity index (χ1) is 20.1. The summed E-state index contributed by atoms with van der Waals surface area (Å²) in [5.41, 5.74) is 1.95. The van der Waals surface area contributed by atoms with Crippen molar-refractivity contribution in [3.63, 3.8) is 0 Å². The third-order valence-corrected chi connectivity index (χ3v) is 10.7. The summed E-state index contributed by atoms with van der Waals surface area (Å²) >= 11 is 2.18. The number of para-hydroxylation sites is 2. The van der Waals surface area contributed by atoms with Gasteiger partial charge in [0.15, 0.2) is 0 Å². The molecular formula is C34H29IN2O5. The smallest absolute Gasteiger partial charge is 0.241 e. The van der Waals surface area contributed by atoms with Gasteiger partial charge in [-0.3, -0.25) is 24.1 Å². The number of nitrogens with zero attached hydrogens (tertiary/aromatic N) is 2. The van der Waals surface area contributed by atoms with Crippen molar-refractivity contribution in [3.05, 3.63) is 99.1 Å². The van der Waals surface area contributed by atoms with E-state index in [4.69, 9.17) is 0 Å². The number of aryl methyl sites for hydroxylation is 1. The van der Waals surface area contributed by atoms with Crippen LogP contribution in [0.5, 0.6) is 5.75 Å². The Morgan fingerprint density at radius 3 is 2.21 bits per heavy atom. The molecule has 4 aliphatic rings. The summed E-state index contributed by atoms with van der Waals surface area (Å²) in [6.45, 7) is 3.64. The highest BCUT2D eigenvalue weighted by atomic mass is 127. The molecule has 2 heterocycles. The molecule has 7 nitrogen and oxygen atoms in total. The number of hydrogen-bond donors (Lipinski definition) is 1. The van der Waals surface area contributed by atoms with Gasteiger partial charge in [0, 0.05) is 15.1 Å². The number of phenolic OH excluding ortho intramolecular Hbond substituents is 1. The topological polar surface area (TPSA) is 95.0 Å². The van der Waals surface area contributed by atoms with Crippen LogP contribution in [0.4, 0.5) is 11.4 Å². The van der Waals surface area contributed by atoms with E-state index in [0.717, 1.165) is 9.14 Å². The fourth-order valence-electron chi connectivity index (χ4n) is 7.94. The normalized spacial score (nSPS) is 30.3. The van der Waals surface area contributed by atoms with E-state index >= 15 is 0 Å². The van der Waals surface area contributed by atoms with Crippen LogP contribution in [0.1, 0.15) is 36.8 Å². The summed E-state index contributed by atoms with van der Waals surface area (Å²) in [7, 11) is 0. The number of phenols is 1. The molecule has 0 bridgehead atoms. The molecule has 0 aromatic heterocycles. The Morgan fingerprint density at radius 1 is 0.810 bits per heavy atom. The van der Waals surface area contributed by atoms with Crippen molar-refractivity contribution in [2.45, 2.75) is 32.6 Å².